The molecule has 1 aliphatic heterocycles. The van der Waals surface area contributed by atoms with Crippen LogP contribution in [0.25, 0.3) is 0 Å². The Kier molecular flexibility index (Phi) is 12.1. The summed E-state index contributed by atoms with van der Waals surface area (Å²) in [5.41, 5.74) is 2.98. The average molecular weight is 538 g/mol. The number of nitrogens with one attached hydrogen (secondary N) is 2. The second-order valence-corrected chi connectivity index (χ2v) is 8.54. The van der Waals surface area contributed by atoms with E-state index in [-0.39, 0.29) is 30.9 Å². The van der Waals surface area contributed by atoms with E-state index in [1.54, 1.807) is 44.6 Å². The molecule has 0 spiro atoms. The molecule has 1 aliphatic rings. The van der Waals surface area contributed by atoms with Gasteiger partial charge in [0.25, 0.3) is 5.91 Å². The number of aliphatic imine (C=N–C) groups is 1. The number of amidine groups is 1. The van der Waals surface area contributed by atoms with E-state index in [0.29, 0.717) is 34.5 Å². The monoisotopic (exact) mass is 537 g/mol. The topological polar surface area (TPSA) is 107 Å². The first kappa shape index (κ1) is 31.0. The maximum absolute atomic E-state index is 12.7. The lowest BCUT2D eigenvalue weighted by molar-refractivity contribution is -0.120. The van der Waals surface area contributed by atoms with Crippen LogP contribution in [0.4, 0.5) is 5.69 Å². The van der Waals surface area contributed by atoms with Crippen molar-refractivity contribution in [3.63, 3.8) is 0 Å². The van der Waals surface area contributed by atoms with Crippen molar-refractivity contribution in [3.8, 4) is 11.5 Å². The molecule has 0 aromatic heterocycles. The second kappa shape index (κ2) is 15.2. The minimum atomic E-state index is -0.284. The Morgan fingerprint density at radius 1 is 1.03 bits per heavy atom. The van der Waals surface area contributed by atoms with E-state index in [4.69, 9.17) is 23.9 Å². The van der Waals surface area contributed by atoms with Crippen LogP contribution in [0.15, 0.2) is 65.1 Å². The molecule has 3 rings (SSSR count). The number of aryl methyl sites for hydroxylation is 2. The van der Waals surface area contributed by atoms with Crippen LogP contribution in [-0.4, -0.2) is 51.6 Å². The number of nitrogens with zero attached hydrogens (tertiary/aromatic N) is 1. The Hall–Kier alpha value is -4.27. The smallest absolute Gasteiger partial charge is 0.262 e. The van der Waals surface area contributed by atoms with E-state index in [0.717, 1.165) is 16.7 Å². The molecule has 2 aromatic rings. The summed E-state index contributed by atoms with van der Waals surface area (Å²) in [5, 5.41) is 5.70. The number of hydrogen-bond acceptors (Lipinski definition) is 7. The third kappa shape index (κ3) is 9.21. The number of carbonyl (C=O) groups is 2. The van der Waals surface area contributed by atoms with E-state index < -0.39 is 0 Å². The Labute approximate surface area is 230 Å². The molecule has 9 nitrogen and oxygen atoms in total. The third-order valence-electron chi connectivity index (χ3n) is 5.59. The van der Waals surface area contributed by atoms with Crippen LogP contribution >= 0.6 is 0 Å². The van der Waals surface area contributed by atoms with Crippen molar-refractivity contribution in [3.05, 3.63) is 76.8 Å². The fourth-order valence-electron chi connectivity index (χ4n) is 3.83. The van der Waals surface area contributed by atoms with Gasteiger partial charge in [0.2, 0.25) is 5.91 Å². The van der Waals surface area contributed by atoms with Gasteiger partial charge in [-0.05, 0) is 74.4 Å². The summed E-state index contributed by atoms with van der Waals surface area (Å²) in [4.78, 5) is 29.8. The normalized spacial score (nSPS) is 17.9. The Balaban J connectivity index is 0.00000260. The minimum Gasteiger partial charge on any atom is -0.500 e. The lowest BCUT2D eigenvalue weighted by Gasteiger charge is -2.18. The highest BCUT2D eigenvalue weighted by Gasteiger charge is 2.18. The molecule has 1 unspecified atom stereocenters. The highest BCUT2D eigenvalue weighted by molar-refractivity contribution is 6.08. The van der Waals surface area contributed by atoms with Crippen molar-refractivity contribution in [1.82, 2.24) is 5.32 Å². The van der Waals surface area contributed by atoms with Crippen LogP contribution in [0.1, 0.15) is 43.9 Å². The lowest BCUT2D eigenvalue weighted by Crippen LogP contribution is -2.33. The average Bonchev–Trinajstić information content (AvgIpc) is 2.92. The largest absolute Gasteiger partial charge is 0.500 e. The molecule has 0 saturated carbocycles. The van der Waals surface area contributed by atoms with Crippen molar-refractivity contribution in [2.45, 2.75) is 47.1 Å². The molecule has 0 bridgehead atoms. The van der Waals surface area contributed by atoms with Crippen LogP contribution in [0, 0.1) is 13.8 Å². The van der Waals surface area contributed by atoms with Crippen LogP contribution < -0.4 is 20.1 Å². The van der Waals surface area contributed by atoms with Crippen LogP contribution in [0.5, 0.6) is 11.5 Å². The molecule has 39 heavy (non-hydrogen) atoms. The number of amides is 2. The van der Waals surface area contributed by atoms with Gasteiger partial charge in [0.05, 0.1) is 33.8 Å². The van der Waals surface area contributed by atoms with Crippen molar-refractivity contribution in [2.24, 2.45) is 4.99 Å². The zero-order valence-corrected chi connectivity index (χ0v) is 24.0. The maximum Gasteiger partial charge on any atom is 0.262 e. The first-order valence-corrected chi connectivity index (χ1v) is 12.8. The summed E-state index contributed by atoms with van der Waals surface area (Å²) < 4.78 is 21.7. The number of allylic oxidation sites excluding steroid dienone is 1. The maximum atomic E-state index is 12.7. The SMILES string of the molecule is CC.COC1=C/C(C)N=C(c2cc(C)c(OCC(=O)Nc3ccc(OC)cc3)c(C)c2)NC(=O)C/C(OC)=C\1. The summed E-state index contributed by atoms with van der Waals surface area (Å²) >= 11 is 0. The van der Waals surface area contributed by atoms with Gasteiger partial charge in [-0.1, -0.05) is 13.8 Å². The predicted octanol–water partition coefficient (Wildman–Crippen LogP) is 5.07. The van der Waals surface area contributed by atoms with Gasteiger partial charge in [-0.15, -0.1) is 0 Å². The number of hydrogen-bond donors (Lipinski definition) is 2. The summed E-state index contributed by atoms with van der Waals surface area (Å²) in [5.74, 6) is 2.22. The molecule has 1 atom stereocenters. The quantitative estimate of drug-likeness (QED) is 0.487. The number of carbonyl (C=O) groups excluding carboxylic acids is 2. The third-order valence-corrected chi connectivity index (χ3v) is 5.59. The number of ether oxygens (including phenoxy) is 4. The number of benzene rings is 2. The van der Waals surface area contributed by atoms with Crippen molar-refractivity contribution >= 4 is 23.3 Å². The summed E-state index contributed by atoms with van der Waals surface area (Å²) in [6, 6.07) is 10.5. The van der Waals surface area contributed by atoms with E-state index in [1.807, 2.05) is 52.8 Å². The molecule has 2 aromatic carbocycles. The molecule has 1 heterocycles. The van der Waals surface area contributed by atoms with Crippen LogP contribution in [0.3, 0.4) is 0 Å². The summed E-state index contributed by atoms with van der Waals surface area (Å²) in [6.07, 6.45) is 3.56. The van der Waals surface area contributed by atoms with Crippen molar-refractivity contribution in [1.29, 1.82) is 0 Å². The van der Waals surface area contributed by atoms with Gasteiger partial charge in [0.15, 0.2) is 6.61 Å². The van der Waals surface area contributed by atoms with Crippen molar-refractivity contribution in [2.75, 3.05) is 33.3 Å². The molecule has 0 aliphatic carbocycles. The Morgan fingerprint density at radius 2 is 1.67 bits per heavy atom. The summed E-state index contributed by atoms with van der Waals surface area (Å²) in [6.45, 7) is 9.51. The van der Waals surface area contributed by atoms with Gasteiger partial charge < -0.3 is 29.6 Å². The zero-order valence-electron chi connectivity index (χ0n) is 24.0. The molecule has 2 amide bonds. The second-order valence-electron chi connectivity index (χ2n) is 8.54. The Bertz CT molecular complexity index is 1210. The first-order chi connectivity index (χ1) is 18.7. The lowest BCUT2D eigenvalue weighted by atomic mass is 10.0. The highest BCUT2D eigenvalue weighted by Crippen LogP contribution is 2.26. The molecule has 0 fully saturated rings. The first-order valence-electron chi connectivity index (χ1n) is 12.8. The van der Waals surface area contributed by atoms with Crippen molar-refractivity contribution < 1.29 is 28.5 Å². The van der Waals surface area contributed by atoms with Gasteiger partial charge >= 0.3 is 0 Å². The fraction of sp³-hybridized carbons (Fsp3) is 0.367. The number of anilines is 1. The molecule has 9 heteroatoms. The summed E-state index contributed by atoms with van der Waals surface area (Å²) in [7, 11) is 4.65. The molecule has 0 saturated heterocycles. The van der Waals surface area contributed by atoms with E-state index in [1.165, 1.54) is 7.11 Å². The van der Waals surface area contributed by atoms with Gasteiger partial charge in [-0.3, -0.25) is 14.6 Å². The van der Waals surface area contributed by atoms with Gasteiger partial charge in [0.1, 0.15) is 28.9 Å². The Morgan fingerprint density at radius 3 is 2.23 bits per heavy atom. The van der Waals surface area contributed by atoms with Gasteiger partial charge in [0, 0.05) is 17.3 Å². The van der Waals surface area contributed by atoms with E-state index in [2.05, 4.69) is 10.6 Å². The predicted molar refractivity (Wildman–Crippen MR) is 153 cm³/mol. The molecule has 0 radical (unpaired) electrons. The van der Waals surface area contributed by atoms with E-state index in [9.17, 15) is 9.59 Å². The standard InChI is InChI=1S/C28H33N3O6.C2H6/c1-17-11-20(28-29-19(3)13-23(35-5)14-24(36-6)15-25(32)31-28)12-18(2)27(17)37-16-26(33)30-21-7-9-22(34-4)10-8-21;1-2/h7-14,19H,15-16H2,1-6H3,(H,30,33)(H,29,31,32);1-2H3/b23-13+,24-14+;. The van der Waals surface area contributed by atoms with Crippen LogP contribution in [0.2, 0.25) is 0 Å². The van der Waals surface area contributed by atoms with E-state index >= 15 is 0 Å². The van der Waals surface area contributed by atoms with Gasteiger partial charge in [-0.2, -0.15) is 0 Å². The fourth-order valence-corrected chi connectivity index (χ4v) is 3.83. The van der Waals surface area contributed by atoms with Crippen LogP contribution in [-0.2, 0) is 19.1 Å². The number of rotatable bonds is 8. The highest BCUT2D eigenvalue weighted by atomic mass is 16.5. The van der Waals surface area contributed by atoms with Gasteiger partial charge in [-0.25, -0.2) is 0 Å². The molecule has 2 N–H and O–H groups in total. The zero-order chi connectivity index (χ0) is 28.9. The molecular weight excluding hydrogens is 498 g/mol. The number of methoxy groups -OCH3 is 3. The molecular formula is C30H39N3O6. The minimum absolute atomic E-state index is 0.0348. The molecule has 210 valence electrons.